The summed E-state index contributed by atoms with van der Waals surface area (Å²) in [7, 11) is 1.56. The molecule has 0 saturated carbocycles. The van der Waals surface area contributed by atoms with Gasteiger partial charge in [-0.15, -0.1) is 0 Å². The number of methoxy groups -OCH3 is 1. The standard InChI is InChI=1S/C20H22N2O4/c1-4-12-26-18-11-6-15(13-19(18)24-3)14-21-22-20(23)16-7-9-17(10-8-16)25-5-2/h4,6-11,13-14H,1,5,12H2,2-3H3,(H,22,23)/b21-14+. The molecule has 0 spiro atoms. The number of hydrogen-bond acceptors (Lipinski definition) is 5. The van der Waals surface area contributed by atoms with Crippen LogP contribution in [0.1, 0.15) is 22.8 Å². The highest BCUT2D eigenvalue weighted by atomic mass is 16.5. The lowest BCUT2D eigenvalue weighted by atomic mass is 10.2. The van der Waals surface area contributed by atoms with Crippen LogP contribution in [0.25, 0.3) is 0 Å². The summed E-state index contributed by atoms with van der Waals surface area (Å²) in [6.45, 7) is 6.49. The average Bonchev–Trinajstić information content (AvgIpc) is 2.67. The zero-order chi connectivity index (χ0) is 18.8. The number of hydrogen-bond donors (Lipinski definition) is 1. The predicted octanol–water partition coefficient (Wildman–Crippen LogP) is 3.42. The van der Waals surface area contributed by atoms with Gasteiger partial charge < -0.3 is 14.2 Å². The van der Waals surface area contributed by atoms with Gasteiger partial charge in [0.1, 0.15) is 12.4 Å². The Balaban J connectivity index is 1.98. The molecule has 26 heavy (non-hydrogen) atoms. The Morgan fingerprint density at radius 3 is 2.58 bits per heavy atom. The molecule has 6 nitrogen and oxygen atoms in total. The third-order valence-electron chi connectivity index (χ3n) is 3.35. The number of amides is 1. The number of hydrazone groups is 1. The van der Waals surface area contributed by atoms with E-state index in [-0.39, 0.29) is 5.91 Å². The van der Waals surface area contributed by atoms with Crippen LogP contribution in [0.5, 0.6) is 17.2 Å². The number of rotatable bonds is 9. The maximum atomic E-state index is 12.1. The molecule has 1 amide bonds. The predicted molar refractivity (Wildman–Crippen MR) is 101 cm³/mol. The smallest absolute Gasteiger partial charge is 0.271 e. The van der Waals surface area contributed by atoms with E-state index >= 15 is 0 Å². The van der Waals surface area contributed by atoms with Gasteiger partial charge in [0.15, 0.2) is 11.5 Å². The van der Waals surface area contributed by atoms with Gasteiger partial charge in [-0.2, -0.15) is 5.10 Å². The molecule has 2 aromatic rings. The van der Waals surface area contributed by atoms with Gasteiger partial charge in [-0.25, -0.2) is 5.43 Å². The maximum Gasteiger partial charge on any atom is 0.271 e. The Labute approximate surface area is 153 Å². The number of benzene rings is 2. The topological polar surface area (TPSA) is 69.2 Å². The van der Waals surface area contributed by atoms with Crippen molar-refractivity contribution < 1.29 is 19.0 Å². The van der Waals surface area contributed by atoms with E-state index in [0.717, 1.165) is 11.3 Å². The zero-order valence-electron chi connectivity index (χ0n) is 14.9. The number of nitrogens with zero attached hydrogens (tertiary/aromatic N) is 1. The largest absolute Gasteiger partial charge is 0.494 e. The molecule has 0 heterocycles. The molecule has 0 aromatic heterocycles. The van der Waals surface area contributed by atoms with Gasteiger partial charge in [-0.1, -0.05) is 12.7 Å². The van der Waals surface area contributed by atoms with Crippen LogP contribution in [0.3, 0.4) is 0 Å². The molecule has 0 atom stereocenters. The molecular weight excluding hydrogens is 332 g/mol. The number of carbonyl (C=O) groups excluding carboxylic acids is 1. The second-order valence-corrected chi connectivity index (χ2v) is 5.17. The Kier molecular flexibility index (Phi) is 7.24. The molecule has 0 aliphatic carbocycles. The molecule has 0 bridgehead atoms. The van der Waals surface area contributed by atoms with Crippen molar-refractivity contribution in [3.05, 3.63) is 66.2 Å². The van der Waals surface area contributed by atoms with Crippen molar-refractivity contribution in [3.8, 4) is 17.2 Å². The van der Waals surface area contributed by atoms with Gasteiger partial charge in [-0.05, 0) is 55.0 Å². The van der Waals surface area contributed by atoms with Crippen LogP contribution in [0.15, 0.2) is 60.2 Å². The van der Waals surface area contributed by atoms with Gasteiger partial charge in [0.25, 0.3) is 5.91 Å². The normalized spacial score (nSPS) is 10.4. The summed E-state index contributed by atoms with van der Waals surface area (Å²) in [4.78, 5) is 12.1. The fraction of sp³-hybridized carbons (Fsp3) is 0.200. The van der Waals surface area contributed by atoms with Crippen LogP contribution in [-0.2, 0) is 0 Å². The molecule has 136 valence electrons. The average molecular weight is 354 g/mol. The van der Waals surface area contributed by atoms with Crippen molar-refractivity contribution in [2.24, 2.45) is 5.10 Å². The fourth-order valence-corrected chi connectivity index (χ4v) is 2.13. The molecular formula is C20H22N2O4. The van der Waals surface area contributed by atoms with Gasteiger partial charge in [0.05, 0.1) is 19.9 Å². The molecule has 0 radical (unpaired) electrons. The molecule has 1 N–H and O–H groups in total. The summed E-state index contributed by atoms with van der Waals surface area (Å²) in [5.41, 5.74) is 3.75. The van der Waals surface area contributed by atoms with Crippen molar-refractivity contribution in [1.82, 2.24) is 5.43 Å². The highest BCUT2D eigenvalue weighted by Gasteiger charge is 2.06. The lowest BCUT2D eigenvalue weighted by Gasteiger charge is -2.09. The van der Waals surface area contributed by atoms with Gasteiger partial charge in [0, 0.05) is 5.56 Å². The highest BCUT2D eigenvalue weighted by molar-refractivity contribution is 5.95. The summed E-state index contributed by atoms with van der Waals surface area (Å²) in [6.07, 6.45) is 3.19. The lowest BCUT2D eigenvalue weighted by Crippen LogP contribution is -2.17. The van der Waals surface area contributed by atoms with E-state index in [2.05, 4.69) is 17.1 Å². The van der Waals surface area contributed by atoms with Crippen LogP contribution < -0.4 is 19.6 Å². The van der Waals surface area contributed by atoms with E-state index in [0.29, 0.717) is 30.3 Å². The summed E-state index contributed by atoms with van der Waals surface area (Å²) in [5, 5.41) is 3.98. The number of ether oxygens (including phenoxy) is 3. The maximum absolute atomic E-state index is 12.1. The summed E-state index contributed by atoms with van der Waals surface area (Å²) in [5.74, 6) is 1.61. The van der Waals surface area contributed by atoms with Crippen molar-refractivity contribution >= 4 is 12.1 Å². The van der Waals surface area contributed by atoms with E-state index in [9.17, 15) is 4.79 Å². The monoisotopic (exact) mass is 354 g/mol. The fourth-order valence-electron chi connectivity index (χ4n) is 2.13. The molecule has 0 aliphatic heterocycles. The zero-order valence-corrected chi connectivity index (χ0v) is 14.9. The van der Waals surface area contributed by atoms with Crippen LogP contribution in [0.4, 0.5) is 0 Å². The SMILES string of the molecule is C=CCOc1ccc(/C=N/NC(=O)c2ccc(OCC)cc2)cc1OC. The number of carbonyl (C=O) groups is 1. The summed E-state index contributed by atoms with van der Waals surface area (Å²) < 4.78 is 16.1. The Hall–Kier alpha value is -3.28. The minimum absolute atomic E-state index is 0.304. The summed E-state index contributed by atoms with van der Waals surface area (Å²) in [6, 6.07) is 12.2. The van der Waals surface area contributed by atoms with Crippen molar-refractivity contribution in [2.75, 3.05) is 20.3 Å². The minimum Gasteiger partial charge on any atom is -0.494 e. The van der Waals surface area contributed by atoms with Crippen LogP contribution in [0, 0.1) is 0 Å². The third-order valence-corrected chi connectivity index (χ3v) is 3.35. The van der Waals surface area contributed by atoms with Crippen LogP contribution in [-0.4, -0.2) is 32.4 Å². The Bertz CT molecular complexity index is 770. The Morgan fingerprint density at radius 2 is 1.92 bits per heavy atom. The van der Waals surface area contributed by atoms with Crippen molar-refractivity contribution in [3.63, 3.8) is 0 Å². The molecule has 0 saturated heterocycles. The second kappa shape index (κ2) is 9.88. The minimum atomic E-state index is -0.304. The first-order valence-corrected chi connectivity index (χ1v) is 8.16. The second-order valence-electron chi connectivity index (χ2n) is 5.17. The molecule has 6 heteroatoms. The first-order chi connectivity index (χ1) is 12.7. The molecule has 0 aliphatic rings. The third kappa shape index (κ3) is 5.37. The lowest BCUT2D eigenvalue weighted by molar-refractivity contribution is 0.0955. The molecule has 0 fully saturated rings. The van der Waals surface area contributed by atoms with Gasteiger partial charge in [-0.3, -0.25) is 4.79 Å². The molecule has 2 rings (SSSR count). The van der Waals surface area contributed by atoms with Crippen molar-refractivity contribution in [2.45, 2.75) is 6.92 Å². The quantitative estimate of drug-likeness (QED) is 0.426. The first kappa shape index (κ1) is 19.1. The number of nitrogens with one attached hydrogen (secondary N) is 1. The van der Waals surface area contributed by atoms with Crippen LogP contribution >= 0.6 is 0 Å². The summed E-state index contributed by atoms with van der Waals surface area (Å²) >= 11 is 0. The first-order valence-electron chi connectivity index (χ1n) is 8.16. The van der Waals surface area contributed by atoms with Crippen molar-refractivity contribution in [1.29, 1.82) is 0 Å². The van der Waals surface area contributed by atoms with Gasteiger partial charge in [0.2, 0.25) is 0 Å². The van der Waals surface area contributed by atoms with Gasteiger partial charge >= 0.3 is 0 Å². The molecule has 0 unspecified atom stereocenters. The highest BCUT2D eigenvalue weighted by Crippen LogP contribution is 2.27. The van der Waals surface area contributed by atoms with Crippen LogP contribution in [0.2, 0.25) is 0 Å². The van der Waals surface area contributed by atoms with E-state index in [4.69, 9.17) is 14.2 Å². The Morgan fingerprint density at radius 1 is 1.15 bits per heavy atom. The van der Waals surface area contributed by atoms with E-state index in [1.54, 1.807) is 49.6 Å². The van der Waals surface area contributed by atoms with E-state index in [1.165, 1.54) is 6.21 Å². The van der Waals surface area contributed by atoms with E-state index in [1.807, 2.05) is 13.0 Å². The van der Waals surface area contributed by atoms with E-state index < -0.39 is 0 Å². The molecule has 2 aromatic carbocycles.